The second-order valence-corrected chi connectivity index (χ2v) is 13.6. The Morgan fingerprint density at radius 1 is 0.905 bits per heavy atom. The maximum absolute atomic E-state index is 13.7. The van der Waals surface area contributed by atoms with Crippen LogP contribution in [0.5, 0.6) is 5.75 Å². The molecule has 0 bridgehead atoms. The molecule has 1 aliphatic carbocycles. The predicted molar refractivity (Wildman–Crippen MR) is 165 cm³/mol. The van der Waals surface area contributed by atoms with Gasteiger partial charge >= 0.3 is 5.97 Å². The van der Waals surface area contributed by atoms with Gasteiger partial charge in [0.15, 0.2) is 0 Å². The van der Waals surface area contributed by atoms with Crippen LogP contribution in [0.2, 0.25) is 5.02 Å². The van der Waals surface area contributed by atoms with Crippen molar-refractivity contribution in [3.63, 3.8) is 0 Å². The SMILES string of the molecule is COC(=O)[C@@H]1CN([C@H](C)c2ccc(-c3ccc(Cl)cc3)cc2)CCN1S(=O)(=O)c1ccc(OCC2CCCCC2)cc1. The molecule has 0 radical (unpaired) electrons. The molecule has 2 atom stereocenters. The van der Waals surface area contributed by atoms with E-state index in [0.717, 1.165) is 16.7 Å². The standard InChI is InChI=1S/C33H39ClN2O5S/c1-24(26-8-10-27(11-9-26)28-12-14-29(34)15-13-28)35-20-21-36(32(22-35)33(37)40-2)42(38,39)31-18-16-30(17-19-31)41-23-25-6-4-3-5-7-25/h8-19,24-25,32H,3-7,20-23H2,1-2H3/t24-,32+/m1/s1. The fourth-order valence-corrected chi connectivity index (χ4v) is 7.66. The smallest absolute Gasteiger partial charge is 0.325 e. The lowest BCUT2D eigenvalue weighted by atomic mass is 9.90. The van der Waals surface area contributed by atoms with E-state index in [1.165, 1.54) is 43.5 Å². The van der Waals surface area contributed by atoms with Gasteiger partial charge in [-0.3, -0.25) is 9.69 Å². The van der Waals surface area contributed by atoms with Gasteiger partial charge in [-0.15, -0.1) is 0 Å². The number of halogens is 1. The summed E-state index contributed by atoms with van der Waals surface area (Å²) < 4.78 is 39.8. The van der Waals surface area contributed by atoms with Crippen LogP contribution in [0.1, 0.15) is 50.6 Å². The number of methoxy groups -OCH3 is 1. The Balaban J connectivity index is 1.26. The van der Waals surface area contributed by atoms with Crippen molar-refractivity contribution in [2.45, 2.75) is 56.0 Å². The first-order valence-corrected chi connectivity index (χ1v) is 16.5. The molecule has 224 valence electrons. The van der Waals surface area contributed by atoms with Gasteiger partial charge < -0.3 is 9.47 Å². The van der Waals surface area contributed by atoms with Crippen LogP contribution in [0.25, 0.3) is 11.1 Å². The van der Waals surface area contributed by atoms with Crippen molar-refractivity contribution in [1.29, 1.82) is 0 Å². The number of hydrogen-bond acceptors (Lipinski definition) is 6. The van der Waals surface area contributed by atoms with Crippen molar-refractivity contribution >= 4 is 27.6 Å². The fraction of sp³-hybridized carbons (Fsp3) is 0.424. The summed E-state index contributed by atoms with van der Waals surface area (Å²) in [6, 6.07) is 21.5. The quantitative estimate of drug-likeness (QED) is 0.255. The average Bonchev–Trinajstić information content (AvgIpc) is 3.04. The maximum atomic E-state index is 13.7. The summed E-state index contributed by atoms with van der Waals surface area (Å²) >= 11 is 6.03. The second-order valence-electron chi connectivity index (χ2n) is 11.2. The van der Waals surface area contributed by atoms with Crippen LogP contribution >= 0.6 is 11.6 Å². The second kappa shape index (κ2) is 13.6. The number of nitrogens with zero attached hydrogens (tertiary/aromatic N) is 2. The van der Waals surface area contributed by atoms with E-state index in [9.17, 15) is 13.2 Å². The van der Waals surface area contributed by atoms with Gasteiger partial charge in [-0.25, -0.2) is 8.42 Å². The molecule has 1 saturated heterocycles. The summed E-state index contributed by atoms with van der Waals surface area (Å²) in [6.45, 7) is 3.61. The van der Waals surface area contributed by atoms with E-state index in [2.05, 4.69) is 36.1 Å². The van der Waals surface area contributed by atoms with E-state index < -0.39 is 22.0 Å². The zero-order valence-electron chi connectivity index (χ0n) is 24.2. The lowest BCUT2D eigenvalue weighted by molar-refractivity contribution is -0.147. The molecule has 0 amide bonds. The first-order valence-electron chi connectivity index (χ1n) is 14.7. The highest BCUT2D eigenvalue weighted by molar-refractivity contribution is 7.89. The van der Waals surface area contributed by atoms with Crippen molar-refractivity contribution in [3.05, 3.63) is 83.4 Å². The van der Waals surface area contributed by atoms with Crippen molar-refractivity contribution in [1.82, 2.24) is 9.21 Å². The van der Waals surface area contributed by atoms with Gasteiger partial charge in [-0.05, 0) is 78.8 Å². The summed E-state index contributed by atoms with van der Waals surface area (Å²) in [4.78, 5) is 15.2. The summed E-state index contributed by atoms with van der Waals surface area (Å²) in [5.41, 5.74) is 3.24. The predicted octanol–water partition coefficient (Wildman–Crippen LogP) is 6.58. The number of sulfonamides is 1. The van der Waals surface area contributed by atoms with Crippen molar-refractivity contribution in [2.75, 3.05) is 33.4 Å². The Kier molecular flexibility index (Phi) is 9.88. The fourth-order valence-electron chi connectivity index (χ4n) is 5.97. The number of carbonyl (C=O) groups is 1. The molecule has 5 rings (SSSR count). The van der Waals surface area contributed by atoms with Crippen LogP contribution in [0, 0.1) is 5.92 Å². The van der Waals surface area contributed by atoms with Crippen molar-refractivity contribution in [2.24, 2.45) is 5.92 Å². The van der Waals surface area contributed by atoms with Crippen LogP contribution in [-0.2, 0) is 19.6 Å². The Morgan fingerprint density at radius 3 is 2.14 bits per heavy atom. The molecule has 1 aliphatic heterocycles. The van der Waals surface area contributed by atoms with Gasteiger partial charge in [0.2, 0.25) is 10.0 Å². The molecule has 9 heteroatoms. The van der Waals surface area contributed by atoms with Gasteiger partial charge in [0.25, 0.3) is 0 Å². The Bertz CT molecular complexity index is 1440. The van der Waals surface area contributed by atoms with E-state index in [1.807, 2.05) is 24.3 Å². The monoisotopic (exact) mass is 610 g/mol. The van der Waals surface area contributed by atoms with E-state index >= 15 is 0 Å². The summed E-state index contributed by atoms with van der Waals surface area (Å²) in [6.07, 6.45) is 6.15. The van der Waals surface area contributed by atoms with Gasteiger partial charge in [0, 0.05) is 30.7 Å². The molecule has 42 heavy (non-hydrogen) atoms. The molecule has 0 aromatic heterocycles. The minimum absolute atomic E-state index is 0.0260. The lowest BCUT2D eigenvalue weighted by Crippen LogP contribution is -2.58. The minimum atomic E-state index is -3.93. The summed E-state index contributed by atoms with van der Waals surface area (Å²) in [5, 5.41) is 0.696. The number of esters is 1. The lowest BCUT2D eigenvalue weighted by Gasteiger charge is -2.41. The average molecular weight is 611 g/mol. The minimum Gasteiger partial charge on any atom is -0.493 e. The maximum Gasteiger partial charge on any atom is 0.325 e. The third kappa shape index (κ3) is 7.00. The number of piperazine rings is 1. The number of carbonyl (C=O) groups excluding carboxylic acids is 1. The molecule has 7 nitrogen and oxygen atoms in total. The molecule has 0 spiro atoms. The third-order valence-electron chi connectivity index (χ3n) is 8.60. The first-order chi connectivity index (χ1) is 20.3. The highest BCUT2D eigenvalue weighted by atomic mass is 35.5. The van der Waals surface area contributed by atoms with Crippen LogP contribution in [0.15, 0.2) is 77.7 Å². The highest BCUT2D eigenvalue weighted by Gasteiger charge is 2.42. The van der Waals surface area contributed by atoms with Crippen LogP contribution in [0.3, 0.4) is 0 Å². The van der Waals surface area contributed by atoms with Crippen molar-refractivity contribution in [3.8, 4) is 16.9 Å². The van der Waals surface area contributed by atoms with Gasteiger partial charge in [-0.1, -0.05) is 67.3 Å². The molecule has 3 aromatic carbocycles. The number of rotatable bonds is 9. The molecule has 2 fully saturated rings. The molecule has 3 aromatic rings. The topological polar surface area (TPSA) is 76.2 Å². The third-order valence-corrected chi connectivity index (χ3v) is 10.8. The van der Waals surface area contributed by atoms with Crippen LogP contribution in [-0.4, -0.2) is 63.0 Å². The number of hydrogen-bond donors (Lipinski definition) is 0. The molecule has 0 unspecified atom stereocenters. The Morgan fingerprint density at radius 2 is 1.52 bits per heavy atom. The molecule has 2 aliphatic rings. The van der Waals surface area contributed by atoms with E-state index in [-0.39, 0.29) is 24.0 Å². The highest BCUT2D eigenvalue weighted by Crippen LogP contribution is 2.31. The van der Waals surface area contributed by atoms with Gasteiger partial charge in [-0.2, -0.15) is 4.31 Å². The zero-order valence-corrected chi connectivity index (χ0v) is 25.8. The van der Waals surface area contributed by atoms with E-state index in [1.54, 1.807) is 24.3 Å². The molecule has 1 saturated carbocycles. The number of benzene rings is 3. The summed E-state index contributed by atoms with van der Waals surface area (Å²) in [7, 11) is -2.64. The zero-order chi connectivity index (χ0) is 29.7. The normalized spacial score (nSPS) is 19.7. The Hall–Kier alpha value is -2.91. The van der Waals surface area contributed by atoms with Gasteiger partial charge in [0.05, 0.1) is 18.6 Å². The largest absolute Gasteiger partial charge is 0.493 e. The first kappa shape index (κ1) is 30.5. The van der Waals surface area contributed by atoms with E-state index in [0.29, 0.717) is 29.8 Å². The number of ether oxygens (including phenoxy) is 2. The summed E-state index contributed by atoms with van der Waals surface area (Å²) in [5.74, 6) is 0.647. The van der Waals surface area contributed by atoms with E-state index in [4.69, 9.17) is 21.1 Å². The Labute approximate surface area is 254 Å². The molecular weight excluding hydrogens is 572 g/mol. The molecule has 0 N–H and O–H groups in total. The van der Waals surface area contributed by atoms with Crippen molar-refractivity contribution < 1.29 is 22.7 Å². The molecular formula is C33H39ClN2O5S. The molecule has 1 heterocycles. The van der Waals surface area contributed by atoms with Crippen LogP contribution in [0.4, 0.5) is 0 Å². The van der Waals surface area contributed by atoms with Gasteiger partial charge in [0.1, 0.15) is 11.8 Å². The van der Waals surface area contributed by atoms with Crippen LogP contribution < -0.4 is 4.74 Å².